The van der Waals surface area contributed by atoms with E-state index >= 15 is 0 Å². The minimum atomic E-state index is -0.322. The number of nitrogens with two attached hydrogens (primary N) is 1. The molecule has 21 heavy (non-hydrogen) atoms. The summed E-state index contributed by atoms with van der Waals surface area (Å²) in [5, 5.41) is 0. The molecule has 3 rings (SSSR count). The Morgan fingerprint density at radius 1 is 1.24 bits per heavy atom. The molecule has 2 aromatic rings. The van der Waals surface area contributed by atoms with Crippen LogP contribution in [0.3, 0.4) is 0 Å². The topological polar surface area (TPSA) is 46.3 Å². The maximum atomic E-state index is 13.2. The molecule has 0 saturated carbocycles. The first-order valence-electron chi connectivity index (χ1n) is 6.88. The number of nitrogens with zero attached hydrogens (tertiary/aromatic N) is 1. The van der Waals surface area contributed by atoms with E-state index in [9.17, 15) is 9.18 Å². The number of rotatable bonds is 2. The van der Waals surface area contributed by atoms with Crippen LogP contribution in [0.25, 0.3) is 0 Å². The lowest BCUT2D eigenvalue weighted by Crippen LogP contribution is -2.20. The molecule has 1 atom stereocenters. The maximum Gasteiger partial charge on any atom is 0.231 e. The van der Waals surface area contributed by atoms with Crippen LogP contribution in [0.4, 0.5) is 10.1 Å². The van der Waals surface area contributed by atoms with Crippen LogP contribution in [-0.2, 0) is 11.2 Å². The van der Waals surface area contributed by atoms with E-state index < -0.39 is 0 Å². The van der Waals surface area contributed by atoms with Crippen LogP contribution in [0, 0.1) is 12.7 Å². The molecule has 3 nitrogen and oxygen atoms in total. The molecule has 0 spiro atoms. The van der Waals surface area contributed by atoms with Crippen LogP contribution in [0.15, 0.2) is 36.4 Å². The Hall–Kier alpha value is -2.20. The Morgan fingerprint density at radius 3 is 2.71 bits per heavy atom. The van der Waals surface area contributed by atoms with E-state index in [-0.39, 0.29) is 17.8 Å². The average Bonchev–Trinajstić information content (AvgIpc) is 2.73. The summed E-state index contributed by atoms with van der Waals surface area (Å²) in [6, 6.07) is 10.1. The van der Waals surface area contributed by atoms with Gasteiger partial charge in [-0.1, -0.05) is 18.2 Å². The number of likely N-dealkylation sites (N-methyl/N-ethyl adjacent to an activating group) is 1. The van der Waals surface area contributed by atoms with Crippen LogP contribution in [0.1, 0.15) is 28.3 Å². The van der Waals surface area contributed by atoms with Gasteiger partial charge in [0.05, 0.1) is 12.5 Å². The molecular formula is C17H17FN2O. The Bertz CT molecular complexity index is 727. The monoisotopic (exact) mass is 284 g/mol. The lowest BCUT2D eigenvalue weighted by molar-refractivity contribution is -0.117. The van der Waals surface area contributed by atoms with E-state index in [1.54, 1.807) is 18.0 Å². The molecule has 1 aliphatic heterocycles. The average molecular weight is 284 g/mol. The predicted octanol–water partition coefficient (Wildman–Crippen LogP) is 2.70. The van der Waals surface area contributed by atoms with Gasteiger partial charge in [0.2, 0.25) is 5.91 Å². The normalized spacial score (nSPS) is 15.2. The Kier molecular flexibility index (Phi) is 3.26. The molecule has 0 fully saturated rings. The summed E-state index contributed by atoms with van der Waals surface area (Å²) >= 11 is 0. The molecule has 0 radical (unpaired) electrons. The van der Waals surface area contributed by atoms with Crippen molar-refractivity contribution in [2.24, 2.45) is 5.73 Å². The lowest BCUT2D eigenvalue weighted by Gasteiger charge is -2.17. The van der Waals surface area contributed by atoms with Crippen LogP contribution < -0.4 is 10.6 Å². The summed E-state index contributed by atoms with van der Waals surface area (Å²) < 4.78 is 13.2. The number of fused-ring (bicyclic) bond motifs is 1. The number of hydrogen-bond donors (Lipinski definition) is 1. The number of carbonyl (C=O) groups excluding carboxylic acids is 1. The molecule has 0 saturated heterocycles. The highest BCUT2D eigenvalue weighted by Gasteiger charge is 2.25. The fourth-order valence-corrected chi connectivity index (χ4v) is 2.85. The third-order valence-corrected chi connectivity index (χ3v) is 4.11. The molecule has 0 aliphatic carbocycles. The predicted molar refractivity (Wildman–Crippen MR) is 80.7 cm³/mol. The number of anilines is 1. The molecule has 108 valence electrons. The molecular weight excluding hydrogens is 267 g/mol. The summed E-state index contributed by atoms with van der Waals surface area (Å²) in [6.07, 6.45) is 0.412. The molecule has 1 unspecified atom stereocenters. The van der Waals surface area contributed by atoms with Crippen molar-refractivity contribution >= 4 is 11.6 Å². The van der Waals surface area contributed by atoms with E-state index in [0.29, 0.717) is 6.42 Å². The summed E-state index contributed by atoms with van der Waals surface area (Å²) in [5.74, 6) is -0.168. The highest BCUT2D eigenvalue weighted by Crippen LogP contribution is 2.32. The smallest absolute Gasteiger partial charge is 0.231 e. The fraction of sp³-hybridized carbons (Fsp3) is 0.235. The van der Waals surface area contributed by atoms with Crippen molar-refractivity contribution in [3.63, 3.8) is 0 Å². The van der Waals surface area contributed by atoms with Gasteiger partial charge < -0.3 is 10.6 Å². The Labute approximate surface area is 123 Å². The Morgan fingerprint density at radius 2 is 2.00 bits per heavy atom. The van der Waals surface area contributed by atoms with E-state index in [1.807, 2.05) is 25.1 Å². The van der Waals surface area contributed by atoms with Gasteiger partial charge in [-0.15, -0.1) is 0 Å². The van der Waals surface area contributed by atoms with Crippen molar-refractivity contribution in [1.82, 2.24) is 0 Å². The van der Waals surface area contributed by atoms with Gasteiger partial charge in [0.1, 0.15) is 5.82 Å². The molecule has 1 heterocycles. The largest absolute Gasteiger partial charge is 0.320 e. The molecule has 2 N–H and O–H groups in total. The zero-order chi connectivity index (χ0) is 15.1. The SMILES string of the molecule is Cc1cc(F)ccc1C(N)c1ccc2c(c1)CC(=O)N2C. The van der Waals surface area contributed by atoms with Crippen molar-refractivity contribution in [2.75, 3.05) is 11.9 Å². The van der Waals surface area contributed by atoms with Crippen LogP contribution in [0.5, 0.6) is 0 Å². The van der Waals surface area contributed by atoms with Crippen molar-refractivity contribution in [3.05, 3.63) is 64.5 Å². The van der Waals surface area contributed by atoms with Gasteiger partial charge in [0, 0.05) is 12.7 Å². The molecule has 0 aromatic heterocycles. The lowest BCUT2D eigenvalue weighted by atomic mass is 9.94. The Balaban J connectivity index is 1.98. The highest BCUT2D eigenvalue weighted by molar-refractivity contribution is 6.00. The quantitative estimate of drug-likeness (QED) is 0.921. The molecule has 2 aromatic carbocycles. The van der Waals surface area contributed by atoms with Gasteiger partial charge >= 0.3 is 0 Å². The minimum Gasteiger partial charge on any atom is -0.320 e. The highest BCUT2D eigenvalue weighted by atomic mass is 19.1. The van der Waals surface area contributed by atoms with Crippen LogP contribution in [-0.4, -0.2) is 13.0 Å². The third kappa shape index (κ3) is 2.32. The van der Waals surface area contributed by atoms with E-state index in [4.69, 9.17) is 5.73 Å². The first-order valence-corrected chi connectivity index (χ1v) is 6.88. The van der Waals surface area contributed by atoms with Gasteiger partial charge in [-0.3, -0.25) is 4.79 Å². The summed E-state index contributed by atoms with van der Waals surface area (Å²) in [4.78, 5) is 13.4. The first-order chi connectivity index (χ1) is 9.97. The zero-order valence-electron chi connectivity index (χ0n) is 12.1. The van der Waals surface area contributed by atoms with Gasteiger partial charge in [0.15, 0.2) is 0 Å². The van der Waals surface area contributed by atoms with Gasteiger partial charge in [-0.05, 0) is 47.4 Å². The van der Waals surface area contributed by atoms with Crippen LogP contribution in [0.2, 0.25) is 0 Å². The summed E-state index contributed by atoms with van der Waals surface area (Å²) in [6.45, 7) is 1.85. The number of hydrogen-bond acceptors (Lipinski definition) is 2. The van der Waals surface area contributed by atoms with Gasteiger partial charge in [-0.25, -0.2) is 4.39 Å². The summed E-state index contributed by atoms with van der Waals surface area (Å²) in [5.41, 5.74) is 10.9. The first kappa shape index (κ1) is 13.8. The molecule has 4 heteroatoms. The molecule has 1 aliphatic rings. The fourth-order valence-electron chi connectivity index (χ4n) is 2.85. The van der Waals surface area contributed by atoms with Crippen molar-refractivity contribution in [2.45, 2.75) is 19.4 Å². The second-order valence-electron chi connectivity index (χ2n) is 5.50. The van der Waals surface area contributed by atoms with Crippen molar-refractivity contribution < 1.29 is 9.18 Å². The number of carbonyl (C=O) groups is 1. The second-order valence-corrected chi connectivity index (χ2v) is 5.50. The number of aryl methyl sites for hydroxylation is 1. The number of amides is 1. The summed E-state index contributed by atoms with van der Waals surface area (Å²) in [7, 11) is 1.78. The second kappa shape index (κ2) is 4.97. The minimum absolute atomic E-state index is 0.0914. The maximum absolute atomic E-state index is 13.2. The van der Waals surface area contributed by atoms with Crippen LogP contribution >= 0.6 is 0 Å². The number of halogens is 1. The van der Waals surface area contributed by atoms with E-state index in [1.165, 1.54) is 12.1 Å². The van der Waals surface area contributed by atoms with Crippen molar-refractivity contribution in [1.29, 1.82) is 0 Å². The van der Waals surface area contributed by atoms with Crippen molar-refractivity contribution in [3.8, 4) is 0 Å². The standard InChI is InChI=1S/C17H17FN2O/c1-10-7-13(18)4-5-14(10)17(19)11-3-6-15-12(8-11)9-16(21)20(15)2/h3-8,17H,9,19H2,1-2H3. The van der Waals surface area contributed by atoms with E-state index in [2.05, 4.69) is 0 Å². The van der Waals surface area contributed by atoms with E-state index in [0.717, 1.165) is 27.9 Å². The number of benzene rings is 2. The zero-order valence-corrected chi connectivity index (χ0v) is 12.1. The molecule has 0 bridgehead atoms. The third-order valence-electron chi connectivity index (χ3n) is 4.11. The van der Waals surface area contributed by atoms with Gasteiger partial charge in [0.25, 0.3) is 0 Å². The molecule has 1 amide bonds. The van der Waals surface area contributed by atoms with Gasteiger partial charge in [-0.2, -0.15) is 0 Å².